The molecule has 2 aliphatic rings. The number of carbonyl (C=O) groups excluding carboxylic acids is 1. The Morgan fingerprint density at radius 3 is 2.92 bits per heavy atom. The molecular weight excluding hydrogens is 312 g/mol. The first-order valence-corrected chi connectivity index (χ1v) is 7.49. The standard InChI is InChI=1S/C15H14N6O3/c22-14(23)10-1-2-11-13(18-10)21(9-3-6-20(11)8-9)15(24)19-12-7-16-4-5-17-12/h1-2,4-5,7,9H,3,6,8H2,(H,22,23)(H,17,19,24)/t9-/m0/s1. The zero-order chi connectivity index (χ0) is 16.7. The van der Waals surface area contributed by atoms with Gasteiger partial charge in [-0.25, -0.2) is 19.6 Å². The maximum Gasteiger partial charge on any atom is 0.354 e. The first-order valence-electron chi connectivity index (χ1n) is 7.49. The molecule has 0 saturated carbocycles. The molecule has 4 rings (SSSR count). The number of carboxylic acid groups (broad SMARTS) is 1. The van der Waals surface area contributed by atoms with E-state index in [-0.39, 0.29) is 11.7 Å². The molecule has 4 heterocycles. The van der Waals surface area contributed by atoms with Gasteiger partial charge in [-0.15, -0.1) is 0 Å². The van der Waals surface area contributed by atoms with Gasteiger partial charge < -0.3 is 10.0 Å². The summed E-state index contributed by atoms with van der Waals surface area (Å²) in [6.45, 7) is 1.51. The smallest absolute Gasteiger partial charge is 0.354 e. The van der Waals surface area contributed by atoms with Gasteiger partial charge in [0.1, 0.15) is 0 Å². The van der Waals surface area contributed by atoms with Crippen molar-refractivity contribution < 1.29 is 14.7 Å². The van der Waals surface area contributed by atoms with Crippen molar-refractivity contribution in [1.29, 1.82) is 0 Å². The number of rotatable bonds is 2. The Bertz CT molecular complexity index is 812. The van der Waals surface area contributed by atoms with Gasteiger partial charge in [0.2, 0.25) is 0 Å². The van der Waals surface area contributed by atoms with Gasteiger partial charge in [0.15, 0.2) is 17.3 Å². The molecule has 0 aromatic carbocycles. The number of aromatic nitrogens is 3. The van der Waals surface area contributed by atoms with Crippen LogP contribution in [0, 0.1) is 0 Å². The molecule has 9 nitrogen and oxygen atoms in total. The zero-order valence-electron chi connectivity index (χ0n) is 12.6. The number of hydrogen-bond donors (Lipinski definition) is 2. The van der Waals surface area contributed by atoms with E-state index in [0.29, 0.717) is 18.2 Å². The van der Waals surface area contributed by atoms with Crippen LogP contribution >= 0.6 is 0 Å². The highest BCUT2D eigenvalue weighted by molar-refractivity contribution is 6.04. The van der Waals surface area contributed by atoms with E-state index in [2.05, 4.69) is 25.2 Å². The van der Waals surface area contributed by atoms with E-state index >= 15 is 0 Å². The molecule has 24 heavy (non-hydrogen) atoms. The van der Waals surface area contributed by atoms with Crippen LogP contribution in [0.3, 0.4) is 0 Å². The normalized spacial score (nSPS) is 18.2. The Labute approximate surface area is 137 Å². The maximum absolute atomic E-state index is 12.7. The minimum atomic E-state index is -1.12. The fourth-order valence-electron chi connectivity index (χ4n) is 3.12. The summed E-state index contributed by atoms with van der Waals surface area (Å²) in [6, 6.07) is 2.72. The molecule has 1 fully saturated rings. The average Bonchev–Trinajstić information content (AvgIpc) is 3.00. The third-order valence-corrected chi connectivity index (χ3v) is 4.19. The van der Waals surface area contributed by atoms with Crippen molar-refractivity contribution in [3.8, 4) is 0 Å². The second-order valence-corrected chi connectivity index (χ2v) is 5.62. The summed E-state index contributed by atoms with van der Waals surface area (Å²) in [5, 5.41) is 11.9. The SMILES string of the molecule is O=C(O)c1ccc2c(n1)N(C(=O)Nc1cnccn1)[C@H]1CCN2C1. The topological polar surface area (TPSA) is 112 Å². The van der Waals surface area contributed by atoms with Crippen LogP contribution in [0.1, 0.15) is 16.9 Å². The molecule has 1 saturated heterocycles. The van der Waals surface area contributed by atoms with Gasteiger partial charge in [0.05, 0.1) is 17.9 Å². The lowest BCUT2D eigenvalue weighted by atomic mass is 10.2. The largest absolute Gasteiger partial charge is 0.477 e. The van der Waals surface area contributed by atoms with Gasteiger partial charge in [-0.2, -0.15) is 0 Å². The van der Waals surface area contributed by atoms with E-state index in [9.17, 15) is 14.7 Å². The first kappa shape index (κ1) is 14.4. The highest BCUT2D eigenvalue weighted by atomic mass is 16.4. The van der Waals surface area contributed by atoms with E-state index in [0.717, 1.165) is 18.7 Å². The number of anilines is 3. The number of hydrogen-bond acceptors (Lipinski definition) is 6. The lowest BCUT2D eigenvalue weighted by Crippen LogP contribution is -2.48. The number of urea groups is 1. The number of pyridine rings is 1. The van der Waals surface area contributed by atoms with Gasteiger partial charge in [0.25, 0.3) is 0 Å². The number of amides is 2. The summed E-state index contributed by atoms with van der Waals surface area (Å²) >= 11 is 0. The molecule has 0 radical (unpaired) electrons. The minimum Gasteiger partial charge on any atom is -0.477 e. The predicted octanol–water partition coefficient (Wildman–Crippen LogP) is 1.20. The van der Waals surface area contributed by atoms with E-state index in [1.807, 2.05) is 0 Å². The van der Waals surface area contributed by atoms with Gasteiger partial charge >= 0.3 is 12.0 Å². The third-order valence-electron chi connectivity index (χ3n) is 4.19. The van der Waals surface area contributed by atoms with Crippen LogP contribution in [0.15, 0.2) is 30.7 Å². The van der Waals surface area contributed by atoms with Gasteiger partial charge in [-0.3, -0.25) is 15.2 Å². The molecule has 1 atom stereocenters. The summed E-state index contributed by atoms with van der Waals surface area (Å²) in [7, 11) is 0. The Morgan fingerprint density at radius 2 is 2.17 bits per heavy atom. The van der Waals surface area contributed by atoms with E-state index in [1.165, 1.54) is 29.6 Å². The van der Waals surface area contributed by atoms with Crippen molar-refractivity contribution in [2.45, 2.75) is 12.5 Å². The second kappa shape index (κ2) is 5.44. The molecule has 2 aromatic heterocycles. The Hall–Kier alpha value is -3.23. The molecule has 0 spiro atoms. The number of carbonyl (C=O) groups is 2. The van der Waals surface area contributed by atoms with Crippen molar-refractivity contribution in [1.82, 2.24) is 15.0 Å². The van der Waals surface area contributed by atoms with Crippen LogP contribution in [-0.2, 0) is 0 Å². The summed E-state index contributed by atoms with van der Waals surface area (Å²) in [6.07, 6.45) is 5.25. The molecule has 2 aromatic rings. The Balaban J connectivity index is 1.72. The lowest BCUT2D eigenvalue weighted by Gasteiger charge is -2.35. The molecule has 2 aliphatic heterocycles. The number of fused-ring (bicyclic) bond motifs is 4. The monoisotopic (exact) mass is 326 g/mol. The van der Waals surface area contributed by atoms with Gasteiger partial charge in [-0.1, -0.05) is 0 Å². The molecule has 0 aliphatic carbocycles. The molecule has 9 heteroatoms. The highest BCUT2D eigenvalue weighted by Crippen LogP contribution is 2.39. The van der Waals surface area contributed by atoms with Crippen LogP contribution in [0.25, 0.3) is 0 Å². The third kappa shape index (κ3) is 2.30. The minimum absolute atomic E-state index is 0.0503. The van der Waals surface area contributed by atoms with Gasteiger partial charge in [-0.05, 0) is 18.6 Å². The van der Waals surface area contributed by atoms with Crippen LogP contribution in [0.4, 0.5) is 22.1 Å². The van der Waals surface area contributed by atoms with Crippen LogP contribution < -0.4 is 15.1 Å². The van der Waals surface area contributed by atoms with Crippen LogP contribution in [0.2, 0.25) is 0 Å². The van der Waals surface area contributed by atoms with Crippen molar-refractivity contribution >= 4 is 29.3 Å². The average molecular weight is 326 g/mol. The molecule has 2 amide bonds. The van der Waals surface area contributed by atoms with E-state index in [1.54, 1.807) is 6.07 Å². The number of aromatic carboxylic acids is 1. The highest BCUT2D eigenvalue weighted by Gasteiger charge is 2.40. The summed E-state index contributed by atoms with van der Waals surface area (Å²) in [5.74, 6) is -0.427. The quantitative estimate of drug-likeness (QED) is 0.853. The van der Waals surface area contributed by atoms with Crippen molar-refractivity contribution in [3.63, 3.8) is 0 Å². The Kier molecular flexibility index (Phi) is 3.26. The second-order valence-electron chi connectivity index (χ2n) is 5.62. The summed E-state index contributed by atoms with van der Waals surface area (Å²) in [4.78, 5) is 39.7. The molecule has 0 unspecified atom stereocenters. The molecular formula is C15H14N6O3. The Morgan fingerprint density at radius 1 is 1.29 bits per heavy atom. The summed E-state index contributed by atoms with van der Waals surface area (Å²) in [5.41, 5.74) is 0.677. The fourth-order valence-corrected chi connectivity index (χ4v) is 3.12. The lowest BCUT2D eigenvalue weighted by molar-refractivity contribution is 0.0690. The van der Waals surface area contributed by atoms with Crippen molar-refractivity contribution in [3.05, 3.63) is 36.4 Å². The number of nitrogens with one attached hydrogen (secondary N) is 1. The van der Waals surface area contributed by atoms with E-state index in [4.69, 9.17) is 0 Å². The maximum atomic E-state index is 12.7. The molecule has 2 N–H and O–H groups in total. The van der Waals surface area contributed by atoms with Crippen LogP contribution in [-0.4, -0.2) is 51.2 Å². The van der Waals surface area contributed by atoms with Crippen LogP contribution in [0.5, 0.6) is 0 Å². The number of carboxylic acids is 1. The van der Waals surface area contributed by atoms with Crippen molar-refractivity contribution in [2.24, 2.45) is 0 Å². The summed E-state index contributed by atoms with van der Waals surface area (Å²) < 4.78 is 0. The predicted molar refractivity (Wildman–Crippen MR) is 85.3 cm³/mol. The van der Waals surface area contributed by atoms with Crippen molar-refractivity contribution in [2.75, 3.05) is 28.2 Å². The fraction of sp³-hybridized carbons (Fsp3) is 0.267. The first-order chi connectivity index (χ1) is 11.6. The van der Waals surface area contributed by atoms with Gasteiger partial charge in [0, 0.05) is 25.5 Å². The zero-order valence-corrected chi connectivity index (χ0v) is 12.6. The number of nitrogens with zero attached hydrogens (tertiary/aromatic N) is 5. The van der Waals surface area contributed by atoms with E-state index < -0.39 is 12.0 Å². The molecule has 122 valence electrons. The molecule has 2 bridgehead atoms.